The average Bonchev–Trinajstić information content (AvgIpc) is 3.52. The zero-order chi connectivity index (χ0) is 18.6. The normalized spacial score (nSPS) is 22.4. The molecule has 0 unspecified atom stereocenters. The van der Waals surface area contributed by atoms with Crippen molar-refractivity contribution in [2.75, 3.05) is 13.1 Å². The zero-order valence-electron chi connectivity index (χ0n) is 16.2. The van der Waals surface area contributed by atoms with Crippen molar-refractivity contribution in [1.82, 2.24) is 20.0 Å². The highest BCUT2D eigenvalue weighted by Gasteiger charge is 2.27. The minimum Gasteiger partial charge on any atom is -0.335 e. The van der Waals surface area contributed by atoms with E-state index in [0.717, 1.165) is 44.5 Å². The Bertz CT molecular complexity index is 696. The van der Waals surface area contributed by atoms with Gasteiger partial charge in [0.15, 0.2) is 0 Å². The van der Waals surface area contributed by atoms with Gasteiger partial charge in [0.1, 0.15) is 0 Å². The molecule has 6 nitrogen and oxygen atoms in total. The molecule has 0 aromatic carbocycles. The van der Waals surface area contributed by atoms with Gasteiger partial charge in [-0.15, -0.1) is 0 Å². The second kappa shape index (κ2) is 8.44. The molecule has 27 heavy (non-hydrogen) atoms. The van der Waals surface area contributed by atoms with E-state index in [1.807, 2.05) is 11.0 Å². The van der Waals surface area contributed by atoms with Crippen molar-refractivity contribution in [3.63, 3.8) is 0 Å². The Kier molecular flexibility index (Phi) is 5.79. The molecule has 4 rings (SSSR count). The number of likely N-dealkylation sites (tertiary alicyclic amines) is 1. The van der Waals surface area contributed by atoms with Gasteiger partial charge < -0.3 is 10.2 Å². The van der Waals surface area contributed by atoms with Crippen LogP contribution < -0.4 is 10.9 Å². The third-order valence-electron chi connectivity index (χ3n) is 6.40. The first-order valence-electron chi connectivity index (χ1n) is 10.8. The molecule has 2 heterocycles. The number of carbonyl (C=O) groups excluding carboxylic acids is 1. The molecule has 6 heteroatoms. The first-order valence-corrected chi connectivity index (χ1v) is 10.8. The predicted molar refractivity (Wildman–Crippen MR) is 105 cm³/mol. The highest BCUT2D eigenvalue weighted by Crippen LogP contribution is 2.38. The zero-order valence-corrected chi connectivity index (χ0v) is 16.2. The van der Waals surface area contributed by atoms with Gasteiger partial charge in [0.25, 0.3) is 5.56 Å². The molecular weight excluding hydrogens is 340 g/mol. The van der Waals surface area contributed by atoms with Crippen LogP contribution in [0, 0.1) is 5.92 Å². The summed E-state index contributed by atoms with van der Waals surface area (Å²) in [5, 5.41) is 7.83. The van der Waals surface area contributed by atoms with Crippen molar-refractivity contribution >= 4 is 6.03 Å². The largest absolute Gasteiger partial charge is 0.335 e. The molecular formula is C21H32N4O2. The highest BCUT2D eigenvalue weighted by molar-refractivity contribution is 5.74. The van der Waals surface area contributed by atoms with Crippen LogP contribution in [0.5, 0.6) is 0 Å². The van der Waals surface area contributed by atoms with Crippen LogP contribution in [0.25, 0.3) is 0 Å². The number of aromatic nitrogens is 2. The van der Waals surface area contributed by atoms with Crippen LogP contribution in [0.1, 0.15) is 75.8 Å². The third kappa shape index (κ3) is 4.90. The number of urea groups is 1. The van der Waals surface area contributed by atoms with Crippen LogP contribution >= 0.6 is 0 Å². The molecule has 3 aliphatic rings. The van der Waals surface area contributed by atoms with Gasteiger partial charge >= 0.3 is 6.03 Å². The van der Waals surface area contributed by atoms with Gasteiger partial charge in [-0.1, -0.05) is 25.7 Å². The number of nitrogens with zero attached hydrogens (tertiary/aromatic N) is 3. The third-order valence-corrected chi connectivity index (χ3v) is 6.40. The fourth-order valence-corrected chi connectivity index (χ4v) is 4.45. The standard InChI is InChI=1S/C21H32N4O2/c26-20-10-9-19(17-7-8-17)23-25(20)15-16-11-13-24(14-12-16)21(27)22-18-5-3-1-2-4-6-18/h9-10,16-18H,1-8,11-15H2,(H,22,27). The van der Waals surface area contributed by atoms with Crippen molar-refractivity contribution in [2.24, 2.45) is 5.92 Å². The lowest BCUT2D eigenvalue weighted by Gasteiger charge is -2.33. The van der Waals surface area contributed by atoms with E-state index in [-0.39, 0.29) is 11.6 Å². The van der Waals surface area contributed by atoms with Crippen LogP contribution in [0.4, 0.5) is 4.79 Å². The van der Waals surface area contributed by atoms with Crippen molar-refractivity contribution in [1.29, 1.82) is 0 Å². The number of amides is 2. The van der Waals surface area contributed by atoms with Gasteiger partial charge in [0.05, 0.1) is 5.69 Å². The van der Waals surface area contributed by atoms with Crippen LogP contribution in [-0.2, 0) is 6.54 Å². The van der Waals surface area contributed by atoms with Gasteiger partial charge in [-0.3, -0.25) is 4.79 Å². The Hall–Kier alpha value is -1.85. The van der Waals surface area contributed by atoms with Crippen LogP contribution in [0.15, 0.2) is 16.9 Å². The SMILES string of the molecule is O=C(NC1CCCCCC1)N1CCC(Cn2nc(C3CC3)ccc2=O)CC1. The summed E-state index contributed by atoms with van der Waals surface area (Å²) in [6.07, 6.45) is 11.6. The fourth-order valence-electron chi connectivity index (χ4n) is 4.45. The lowest BCUT2D eigenvalue weighted by molar-refractivity contribution is 0.159. The first-order chi connectivity index (χ1) is 13.2. The number of hydrogen-bond acceptors (Lipinski definition) is 3. The van der Waals surface area contributed by atoms with Crippen molar-refractivity contribution in [2.45, 2.75) is 82.7 Å². The minimum absolute atomic E-state index is 0.00654. The van der Waals surface area contributed by atoms with Gasteiger partial charge in [0.2, 0.25) is 0 Å². The lowest BCUT2D eigenvalue weighted by Crippen LogP contribution is -2.48. The monoisotopic (exact) mass is 372 g/mol. The number of nitrogens with one attached hydrogen (secondary N) is 1. The van der Waals surface area contributed by atoms with Crippen molar-refractivity contribution in [3.8, 4) is 0 Å². The molecule has 0 atom stereocenters. The van der Waals surface area contributed by atoms with E-state index < -0.39 is 0 Å². The maximum atomic E-state index is 12.6. The molecule has 2 aliphatic carbocycles. The predicted octanol–water partition coefficient (Wildman–Crippen LogP) is 3.27. The molecule has 0 spiro atoms. The molecule has 0 radical (unpaired) electrons. The fraction of sp³-hybridized carbons (Fsp3) is 0.762. The molecule has 1 N–H and O–H groups in total. The Morgan fingerprint density at radius 3 is 2.37 bits per heavy atom. The van der Waals surface area contributed by atoms with Crippen LogP contribution in [0.3, 0.4) is 0 Å². The van der Waals surface area contributed by atoms with Crippen LogP contribution in [0.2, 0.25) is 0 Å². The smallest absolute Gasteiger partial charge is 0.317 e. The topological polar surface area (TPSA) is 67.2 Å². The van der Waals surface area contributed by atoms with E-state index in [9.17, 15) is 9.59 Å². The number of rotatable bonds is 4. The Morgan fingerprint density at radius 2 is 1.70 bits per heavy atom. The maximum absolute atomic E-state index is 12.6. The minimum atomic E-state index is -0.00654. The van der Waals surface area contributed by atoms with Crippen LogP contribution in [-0.4, -0.2) is 39.8 Å². The van der Waals surface area contributed by atoms with Gasteiger partial charge in [-0.25, -0.2) is 9.48 Å². The molecule has 1 saturated heterocycles. The second-order valence-electron chi connectivity index (χ2n) is 8.62. The van der Waals surface area contributed by atoms with Crippen molar-refractivity contribution < 1.29 is 4.79 Å². The van der Waals surface area contributed by atoms with E-state index >= 15 is 0 Å². The lowest BCUT2D eigenvalue weighted by atomic mass is 9.97. The number of hydrogen-bond donors (Lipinski definition) is 1. The molecule has 1 aromatic rings. The molecule has 1 aliphatic heterocycles. The number of carbonyl (C=O) groups is 1. The molecule has 1 aromatic heterocycles. The molecule has 2 amide bonds. The van der Waals surface area contributed by atoms with E-state index in [4.69, 9.17) is 0 Å². The first kappa shape index (κ1) is 18.5. The molecule has 148 valence electrons. The van der Waals surface area contributed by atoms with Gasteiger partial charge in [-0.05, 0) is 50.5 Å². The van der Waals surface area contributed by atoms with E-state index in [1.54, 1.807) is 10.7 Å². The van der Waals surface area contributed by atoms with Gasteiger partial charge in [-0.2, -0.15) is 5.10 Å². The summed E-state index contributed by atoms with van der Waals surface area (Å²) >= 11 is 0. The Balaban J connectivity index is 1.27. The van der Waals surface area contributed by atoms with Crippen molar-refractivity contribution in [3.05, 3.63) is 28.2 Å². The molecule has 0 bridgehead atoms. The summed E-state index contributed by atoms with van der Waals surface area (Å²) in [6.45, 7) is 2.23. The summed E-state index contributed by atoms with van der Waals surface area (Å²) in [6, 6.07) is 4.00. The summed E-state index contributed by atoms with van der Waals surface area (Å²) in [5.41, 5.74) is 1.06. The van der Waals surface area contributed by atoms with E-state index in [2.05, 4.69) is 10.4 Å². The van der Waals surface area contributed by atoms with Gasteiger partial charge in [0, 0.05) is 37.7 Å². The summed E-state index contributed by atoms with van der Waals surface area (Å²) in [7, 11) is 0. The average molecular weight is 373 g/mol. The summed E-state index contributed by atoms with van der Waals surface area (Å²) in [5.74, 6) is 0.984. The Morgan fingerprint density at radius 1 is 1.00 bits per heavy atom. The summed E-state index contributed by atoms with van der Waals surface area (Å²) < 4.78 is 1.65. The molecule has 2 saturated carbocycles. The quantitative estimate of drug-likeness (QED) is 0.825. The molecule has 3 fully saturated rings. The number of piperidine rings is 1. The highest BCUT2D eigenvalue weighted by atomic mass is 16.2. The maximum Gasteiger partial charge on any atom is 0.317 e. The van der Waals surface area contributed by atoms with E-state index in [1.165, 1.54) is 38.5 Å². The summed E-state index contributed by atoms with van der Waals surface area (Å²) in [4.78, 5) is 26.7. The van der Waals surface area contributed by atoms with E-state index in [0.29, 0.717) is 24.4 Å². The Labute approximate surface area is 161 Å². The second-order valence-corrected chi connectivity index (χ2v) is 8.62.